The number of rotatable bonds is 5. The Morgan fingerprint density at radius 2 is 2.28 bits per heavy atom. The molecule has 1 fully saturated rings. The largest absolute Gasteiger partial charge is 0.394 e. The first kappa shape index (κ1) is 13.7. The van der Waals surface area contributed by atoms with Crippen molar-refractivity contribution in [2.24, 2.45) is 0 Å². The van der Waals surface area contributed by atoms with Crippen molar-refractivity contribution in [3.8, 4) is 0 Å². The van der Waals surface area contributed by atoms with Crippen LogP contribution in [0.4, 0.5) is 5.13 Å². The molecule has 2 rings (SSSR count). The second kappa shape index (κ2) is 6.47. The number of carbonyl (C=O) groups is 1. The van der Waals surface area contributed by atoms with Crippen LogP contribution in [0, 0.1) is 0 Å². The number of hydrogen-bond acceptors (Lipinski definition) is 6. The SMILES string of the molecule is O=Cc1sc(N2CCC(OCCO)CC2)nc1Cl. The van der Waals surface area contributed by atoms with Crippen LogP contribution >= 0.6 is 22.9 Å². The smallest absolute Gasteiger partial charge is 0.187 e. The molecule has 1 aliphatic rings. The Bertz CT molecular complexity index is 405. The van der Waals surface area contributed by atoms with E-state index in [1.54, 1.807) is 0 Å². The number of piperidine rings is 1. The van der Waals surface area contributed by atoms with E-state index in [1.807, 2.05) is 0 Å². The number of aromatic nitrogens is 1. The van der Waals surface area contributed by atoms with Gasteiger partial charge in [0.15, 0.2) is 16.6 Å². The lowest BCUT2D eigenvalue weighted by Crippen LogP contribution is -2.37. The Kier molecular flexibility index (Phi) is 4.94. The molecule has 1 aromatic rings. The predicted molar refractivity (Wildman–Crippen MR) is 70.8 cm³/mol. The van der Waals surface area contributed by atoms with E-state index in [1.165, 1.54) is 11.3 Å². The van der Waals surface area contributed by atoms with Gasteiger partial charge in [-0.3, -0.25) is 4.79 Å². The minimum absolute atomic E-state index is 0.0605. The maximum atomic E-state index is 10.7. The molecule has 0 saturated carbocycles. The maximum Gasteiger partial charge on any atom is 0.187 e. The van der Waals surface area contributed by atoms with Gasteiger partial charge in [0.25, 0.3) is 0 Å². The minimum Gasteiger partial charge on any atom is -0.394 e. The molecular formula is C11H15ClN2O3S. The summed E-state index contributed by atoms with van der Waals surface area (Å²) in [6.45, 7) is 2.12. The highest BCUT2D eigenvalue weighted by atomic mass is 35.5. The van der Waals surface area contributed by atoms with Crippen LogP contribution in [0.15, 0.2) is 0 Å². The standard InChI is InChI=1S/C11H15ClN2O3S/c12-10-9(7-16)18-11(13-10)14-3-1-8(2-4-14)17-6-5-15/h7-8,15H,1-6H2. The molecule has 0 aromatic carbocycles. The van der Waals surface area contributed by atoms with Crippen LogP contribution < -0.4 is 4.90 Å². The highest BCUT2D eigenvalue weighted by Gasteiger charge is 2.22. The third-order valence-corrected chi connectivity index (χ3v) is 4.30. The first-order valence-electron chi connectivity index (χ1n) is 5.83. The molecule has 0 bridgehead atoms. The van der Waals surface area contributed by atoms with Crippen LogP contribution in [-0.4, -0.2) is 48.8 Å². The number of nitrogens with zero attached hydrogens (tertiary/aromatic N) is 2. The predicted octanol–water partition coefficient (Wildman–Crippen LogP) is 1.59. The summed E-state index contributed by atoms with van der Waals surface area (Å²) in [5, 5.41) is 9.77. The fraction of sp³-hybridized carbons (Fsp3) is 0.636. The highest BCUT2D eigenvalue weighted by molar-refractivity contribution is 7.17. The average Bonchev–Trinajstić information content (AvgIpc) is 2.78. The van der Waals surface area contributed by atoms with Gasteiger partial charge in [0.05, 0.1) is 19.3 Å². The number of anilines is 1. The van der Waals surface area contributed by atoms with Gasteiger partial charge < -0.3 is 14.7 Å². The first-order chi connectivity index (χ1) is 8.74. The lowest BCUT2D eigenvalue weighted by Gasteiger charge is -2.31. The molecule has 0 atom stereocenters. The van der Waals surface area contributed by atoms with E-state index < -0.39 is 0 Å². The van der Waals surface area contributed by atoms with Crippen molar-refractivity contribution in [3.05, 3.63) is 10.0 Å². The molecule has 0 radical (unpaired) electrons. The highest BCUT2D eigenvalue weighted by Crippen LogP contribution is 2.30. The minimum atomic E-state index is 0.0605. The Labute approximate surface area is 114 Å². The van der Waals surface area contributed by atoms with Crippen molar-refractivity contribution in [1.29, 1.82) is 0 Å². The average molecular weight is 291 g/mol. The molecule has 1 aromatic heterocycles. The van der Waals surface area contributed by atoms with Crippen molar-refractivity contribution >= 4 is 34.4 Å². The van der Waals surface area contributed by atoms with Gasteiger partial charge in [-0.2, -0.15) is 0 Å². The van der Waals surface area contributed by atoms with Crippen LogP contribution in [0.5, 0.6) is 0 Å². The van der Waals surface area contributed by atoms with E-state index >= 15 is 0 Å². The van der Waals surface area contributed by atoms with Crippen LogP contribution in [-0.2, 0) is 4.74 Å². The molecule has 1 aliphatic heterocycles. The van der Waals surface area contributed by atoms with Gasteiger partial charge in [-0.15, -0.1) is 0 Å². The van der Waals surface area contributed by atoms with Gasteiger partial charge in [0.2, 0.25) is 0 Å². The first-order valence-corrected chi connectivity index (χ1v) is 7.03. The van der Waals surface area contributed by atoms with E-state index in [4.69, 9.17) is 21.4 Å². The summed E-state index contributed by atoms with van der Waals surface area (Å²) < 4.78 is 5.49. The van der Waals surface area contributed by atoms with Crippen molar-refractivity contribution in [2.75, 3.05) is 31.2 Å². The number of hydrogen-bond donors (Lipinski definition) is 1. The summed E-state index contributed by atoms with van der Waals surface area (Å²) in [6, 6.07) is 0. The van der Waals surface area contributed by atoms with Gasteiger partial charge in [0, 0.05) is 13.1 Å². The second-order valence-corrected chi connectivity index (χ2v) is 5.42. The lowest BCUT2D eigenvalue weighted by molar-refractivity contribution is 0.0159. The summed E-state index contributed by atoms with van der Waals surface area (Å²) in [5.74, 6) is 0. The zero-order valence-corrected chi connectivity index (χ0v) is 11.4. The number of carbonyl (C=O) groups excluding carboxylic acids is 1. The van der Waals surface area contributed by atoms with Crippen molar-refractivity contribution in [3.63, 3.8) is 0 Å². The summed E-state index contributed by atoms with van der Waals surface area (Å²) in [7, 11) is 0. The second-order valence-electron chi connectivity index (χ2n) is 4.05. The van der Waals surface area contributed by atoms with Gasteiger partial charge >= 0.3 is 0 Å². The Morgan fingerprint density at radius 3 is 2.83 bits per heavy atom. The van der Waals surface area contributed by atoms with Crippen LogP contribution in [0.25, 0.3) is 0 Å². The molecule has 100 valence electrons. The zero-order valence-electron chi connectivity index (χ0n) is 9.84. The molecule has 0 spiro atoms. The number of halogens is 1. The summed E-state index contributed by atoms with van der Waals surface area (Å²) in [4.78, 5) is 17.5. The molecule has 1 saturated heterocycles. The summed E-state index contributed by atoms with van der Waals surface area (Å²) in [6.07, 6.45) is 2.73. The van der Waals surface area contributed by atoms with E-state index in [-0.39, 0.29) is 17.9 Å². The number of aliphatic hydroxyl groups excluding tert-OH is 1. The lowest BCUT2D eigenvalue weighted by atomic mass is 10.1. The van der Waals surface area contributed by atoms with Crippen LogP contribution in [0.2, 0.25) is 5.15 Å². The fourth-order valence-electron chi connectivity index (χ4n) is 1.94. The normalized spacial score (nSPS) is 17.1. The maximum absolute atomic E-state index is 10.7. The quantitative estimate of drug-likeness (QED) is 0.835. The van der Waals surface area contributed by atoms with Crippen molar-refractivity contribution in [1.82, 2.24) is 4.98 Å². The monoisotopic (exact) mass is 290 g/mol. The van der Waals surface area contributed by atoms with Crippen molar-refractivity contribution < 1.29 is 14.6 Å². The number of ether oxygens (including phenoxy) is 1. The fourth-order valence-corrected chi connectivity index (χ4v) is 3.06. The number of aldehydes is 1. The molecular weight excluding hydrogens is 276 g/mol. The molecule has 5 nitrogen and oxygen atoms in total. The van der Waals surface area contributed by atoms with Crippen LogP contribution in [0.3, 0.4) is 0 Å². The molecule has 2 heterocycles. The summed E-state index contributed by atoms with van der Waals surface area (Å²) in [5.41, 5.74) is 0. The number of aliphatic hydroxyl groups is 1. The molecule has 0 unspecified atom stereocenters. The van der Waals surface area contributed by atoms with Crippen molar-refractivity contribution in [2.45, 2.75) is 18.9 Å². The Hall–Kier alpha value is -0.690. The van der Waals surface area contributed by atoms with E-state index in [2.05, 4.69) is 9.88 Å². The Balaban J connectivity index is 1.90. The van der Waals surface area contributed by atoms with Gasteiger partial charge in [-0.05, 0) is 12.8 Å². The molecule has 18 heavy (non-hydrogen) atoms. The molecule has 0 aliphatic carbocycles. The summed E-state index contributed by atoms with van der Waals surface area (Å²) >= 11 is 7.17. The van der Waals surface area contributed by atoms with E-state index in [0.717, 1.165) is 37.3 Å². The van der Waals surface area contributed by atoms with Crippen LogP contribution in [0.1, 0.15) is 22.5 Å². The topological polar surface area (TPSA) is 62.7 Å². The third-order valence-electron chi connectivity index (χ3n) is 2.86. The molecule has 7 heteroatoms. The van der Waals surface area contributed by atoms with E-state index in [9.17, 15) is 4.79 Å². The number of thiazole rings is 1. The van der Waals surface area contributed by atoms with Gasteiger partial charge in [0.1, 0.15) is 4.88 Å². The Morgan fingerprint density at radius 1 is 1.56 bits per heavy atom. The molecule has 0 amide bonds. The third kappa shape index (κ3) is 3.20. The molecule has 1 N–H and O–H groups in total. The zero-order chi connectivity index (χ0) is 13.0. The van der Waals surface area contributed by atoms with Gasteiger partial charge in [-0.25, -0.2) is 4.98 Å². The van der Waals surface area contributed by atoms with Gasteiger partial charge in [-0.1, -0.05) is 22.9 Å². The van der Waals surface area contributed by atoms with E-state index in [0.29, 0.717) is 11.5 Å².